The highest BCUT2D eigenvalue weighted by atomic mass is 14.1. The maximum atomic E-state index is 2.38. The fraction of sp³-hybridized carbons (Fsp3) is 0.167. The van der Waals surface area contributed by atoms with Crippen LogP contribution in [-0.2, 0) is 6.42 Å². The third kappa shape index (κ3) is 4.02. The van der Waals surface area contributed by atoms with Gasteiger partial charge in [-0.3, -0.25) is 0 Å². The van der Waals surface area contributed by atoms with Crippen LogP contribution in [0.25, 0.3) is 5.57 Å². The number of allylic oxidation sites excluding steroid dienone is 1. The predicted molar refractivity (Wildman–Crippen MR) is 104 cm³/mol. The Hall–Kier alpha value is -2.60. The fourth-order valence-electron chi connectivity index (χ4n) is 3.08. The van der Waals surface area contributed by atoms with Gasteiger partial charge in [0.1, 0.15) is 0 Å². The summed E-state index contributed by atoms with van der Waals surface area (Å²) < 4.78 is 0. The van der Waals surface area contributed by atoms with Gasteiger partial charge >= 0.3 is 0 Å². The molecule has 3 aromatic carbocycles. The van der Waals surface area contributed by atoms with Crippen molar-refractivity contribution >= 4 is 5.57 Å². The van der Waals surface area contributed by atoms with Crippen molar-refractivity contribution in [3.05, 3.63) is 113 Å². The van der Waals surface area contributed by atoms with Gasteiger partial charge in [0, 0.05) is 0 Å². The second kappa shape index (κ2) is 7.79. The van der Waals surface area contributed by atoms with Crippen LogP contribution >= 0.6 is 0 Å². The molecule has 0 saturated heterocycles. The Bertz CT molecular complexity index is 770. The van der Waals surface area contributed by atoms with E-state index in [0.29, 0.717) is 0 Å². The van der Waals surface area contributed by atoms with E-state index in [1.807, 2.05) is 0 Å². The van der Waals surface area contributed by atoms with Crippen LogP contribution in [0.4, 0.5) is 0 Å². The lowest BCUT2D eigenvalue weighted by atomic mass is 9.95. The standard InChI is InChI=1S/C24H24/c1-19-16-17-20(2)23(18-19)14-9-15-24(21-10-5-3-6-11-21)22-12-7-4-8-13-22/h3-8,10-13,15-18H,9,14H2,1-2H3. The van der Waals surface area contributed by atoms with Gasteiger partial charge in [0.2, 0.25) is 0 Å². The monoisotopic (exact) mass is 312 g/mol. The highest BCUT2D eigenvalue weighted by Crippen LogP contribution is 2.24. The first-order chi connectivity index (χ1) is 11.7. The molecule has 0 spiro atoms. The maximum Gasteiger partial charge on any atom is -0.0151 e. The molecule has 0 amide bonds. The minimum absolute atomic E-state index is 1.05. The third-order valence-electron chi connectivity index (χ3n) is 4.44. The largest absolute Gasteiger partial charge is 0.0757 e. The Morgan fingerprint density at radius 2 is 1.33 bits per heavy atom. The Morgan fingerprint density at radius 1 is 0.750 bits per heavy atom. The van der Waals surface area contributed by atoms with E-state index in [1.165, 1.54) is 33.4 Å². The smallest absolute Gasteiger partial charge is 0.0151 e. The number of rotatable bonds is 5. The van der Waals surface area contributed by atoms with Crippen molar-refractivity contribution < 1.29 is 0 Å². The molecule has 0 aliphatic heterocycles. The Morgan fingerprint density at radius 3 is 1.92 bits per heavy atom. The fourth-order valence-corrected chi connectivity index (χ4v) is 3.08. The molecule has 0 aromatic heterocycles. The lowest BCUT2D eigenvalue weighted by molar-refractivity contribution is 0.985. The molecule has 0 heterocycles. The second-order valence-electron chi connectivity index (χ2n) is 6.32. The van der Waals surface area contributed by atoms with E-state index in [0.717, 1.165) is 12.8 Å². The van der Waals surface area contributed by atoms with Crippen molar-refractivity contribution in [3.63, 3.8) is 0 Å². The molecule has 0 bridgehead atoms. The van der Waals surface area contributed by atoms with E-state index in [-0.39, 0.29) is 0 Å². The van der Waals surface area contributed by atoms with Gasteiger partial charge < -0.3 is 0 Å². The van der Waals surface area contributed by atoms with Gasteiger partial charge in [-0.15, -0.1) is 0 Å². The molecule has 0 aliphatic rings. The molecular weight excluding hydrogens is 288 g/mol. The zero-order chi connectivity index (χ0) is 16.8. The average Bonchev–Trinajstić information content (AvgIpc) is 2.63. The molecule has 3 aromatic rings. The highest BCUT2D eigenvalue weighted by Gasteiger charge is 2.04. The highest BCUT2D eigenvalue weighted by molar-refractivity contribution is 5.79. The summed E-state index contributed by atoms with van der Waals surface area (Å²) in [4.78, 5) is 0. The molecule has 0 fully saturated rings. The second-order valence-corrected chi connectivity index (χ2v) is 6.32. The molecule has 24 heavy (non-hydrogen) atoms. The number of hydrogen-bond donors (Lipinski definition) is 0. The summed E-state index contributed by atoms with van der Waals surface area (Å²) in [5, 5.41) is 0. The summed E-state index contributed by atoms with van der Waals surface area (Å²) in [7, 11) is 0. The van der Waals surface area contributed by atoms with Crippen LogP contribution in [0.2, 0.25) is 0 Å². The molecule has 0 heteroatoms. The van der Waals surface area contributed by atoms with Crippen LogP contribution in [-0.4, -0.2) is 0 Å². The summed E-state index contributed by atoms with van der Waals surface area (Å²) in [6.45, 7) is 4.37. The van der Waals surface area contributed by atoms with Crippen LogP contribution in [0.15, 0.2) is 84.9 Å². The van der Waals surface area contributed by atoms with E-state index in [2.05, 4.69) is 98.8 Å². The average molecular weight is 312 g/mol. The minimum atomic E-state index is 1.05. The van der Waals surface area contributed by atoms with Crippen molar-refractivity contribution in [1.29, 1.82) is 0 Å². The van der Waals surface area contributed by atoms with Gasteiger partial charge in [0.05, 0.1) is 0 Å². The topological polar surface area (TPSA) is 0 Å². The van der Waals surface area contributed by atoms with E-state index in [9.17, 15) is 0 Å². The van der Waals surface area contributed by atoms with Crippen LogP contribution in [0.5, 0.6) is 0 Å². The summed E-state index contributed by atoms with van der Waals surface area (Å²) in [6, 6.07) is 28.1. The van der Waals surface area contributed by atoms with Crippen LogP contribution in [0.1, 0.15) is 34.2 Å². The van der Waals surface area contributed by atoms with Gasteiger partial charge in [-0.1, -0.05) is 90.5 Å². The van der Waals surface area contributed by atoms with E-state index in [1.54, 1.807) is 0 Å². The summed E-state index contributed by atoms with van der Waals surface area (Å²) in [5.74, 6) is 0. The third-order valence-corrected chi connectivity index (χ3v) is 4.44. The van der Waals surface area contributed by atoms with Gasteiger partial charge in [-0.05, 0) is 54.5 Å². The Kier molecular flexibility index (Phi) is 5.28. The SMILES string of the molecule is Cc1ccc(C)c(CCC=C(c2ccccc2)c2ccccc2)c1. The van der Waals surface area contributed by atoms with E-state index >= 15 is 0 Å². The molecule has 0 nitrogen and oxygen atoms in total. The van der Waals surface area contributed by atoms with Crippen LogP contribution in [0, 0.1) is 13.8 Å². The molecule has 0 unspecified atom stereocenters. The predicted octanol–water partition coefficient (Wildman–Crippen LogP) is 6.37. The summed E-state index contributed by atoms with van der Waals surface area (Å²) >= 11 is 0. The molecule has 0 saturated carbocycles. The summed E-state index contributed by atoms with van der Waals surface area (Å²) in [5.41, 5.74) is 8.06. The number of aryl methyl sites for hydroxylation is 3. The normalized spacial score (nSPS) is 10.4. The molecule has 3 rings (SSSR count). The number of hydrogen-bond acceptors (Lipinski definition) is 0. The van der Waals surface area contributed by atoms with Crippen molar-refractivity contribution in [2.75, 3.05) is 0 Å². The van der Waals surface area contributed by atoms with Crippen LogP contribution in [0.3, 0.4) is 0 Å². The lowest BCUT2D eigenvalue weighted by Crippen LogP contribution is -1.92. The molecule has 0 aliphatic carbocycles. The van der Waals surface area contributed by atoms with Gasteiger partial charge in [-0.2, -0.15) is 0 Å². The molecule has 0 atom stereocenters. The van der Waals surface area contributed by atoms with E-state index in [4.69, 9.17) is 0 Å². The molecule has 120 valence electrons. The molecular formula is C24H24. The lowest BCUT2D eigenvalue weighted by Gasteiger charge is -2.10. The van der Waals surface area contributed by atoms with Crippen molar-refractivity contribution in [1.82, 2.24) is 0 Å². The Balaban J connectivity index is 1.86. The first-order valence-electron chi connectivity index (χ1n) is 8.61. The van der Waals surface area contributed by atoms with Gasteiger partial charge in [-0.25, -0.2) is 0 Å². The maximum absolute atomic E-state index is 2.38. The zero-order valence-electron chi connectivity index (χ0n) is 14.5. The summed E-state index contributed by atoms with van der Waals surface area (Å²) in [6.07, 6.45) is 4.51. The van der Waals surface area contributed by atoms with Crippen LogP contribution < -0.4 is 0 Å². The quantitative estimate of drug-likeness (QED) is 0.513. The minimum Gasteiger partial charge on any atom is -0.0757 e. The van der Waals surface area contributed by atoms with Crippen molar-refractivity contribution in [2.45, 2.75) is 26.7 Å². The first-order valence-corrected chi connectivity index (χ1v) is 8.61. The van der Waals surface area contributed by atoms with Gasteiger partial charge in [0.25, 0.3) is 0 Å². The van der Waals surface area contributed by atoms with Crippen molar-refractivity contribution in [3.8, 4) is 0 Å². The van der Waals surface area contributed by atoms with Crippen molar-refractivity contribution in [2.24, 2.45) is 0 Å². The number of benzene rings is 3. The molecule has 0 N–H and O–H groups in total. The first kappa shape index (κ1) is 16.3. The van der Waals surface area contributed by atoms with E-state index < -0.39 is 0 Å². The Labute approximate surface area is 145 Å². The zero-order valence-corrected chi connectivity index (χ0v) is 14.5. The molecule has 0 radical (unpaired) electrons. The van der Waals surface area contributed by atoms with Gasteiger partial charge in [0.15, 0.2) is 0 Å².